The van der Waals surface area contributed by atoms with E-state index in [2.05, 4.69) is 34.9 Å². The summed E-state index contributed by atoms with van der Waals surface area (Å²) in [6.45, 7) is 4.22. The Labute approximate surface area is 246 Å². The maximum absolute atomic E-state index is 13.4. The molecule has 2 amide bonds. The van der Waals surface area contributed by atoms with Gasteiger partial charge in [-0.3, -0.25) is 4.79 Å². The van der Waals surface area contributed by atoms with Crippen molar-refractivity contribution in [2.45, 2.75) is 51.3 Å². The van der Waals surface area contributed by atoms with Crippen LogP contribution in [0.5, 0.6) is 0 Å². The zero-order valence-electron chi connectivity index (χ0n) is 23.8. The average Bonchev–Trinajstić information content (AvgIpc) is 3.30. The molecule has 8 heteroatoms. The molecule has 1 aliphatic rings. The van der Waals surface area contributed by atoms with Crippen LogP contribution >= 0.6 is 11.8 Å². The number of carbonyl (C=O) groups is 3. The number of ether oxygens (including phenoxy) is 2. The van der Waals surface area contributed by atoms with Crippen LogP contribution in [0.1, 0.15) is 49.3 Å². The predicted octanol–water partition coefficient (Wildman–Crippen LogP) is 5.92. The van der Waals surface area contributed by atoms with Crippen molar-refractivity contribution in [3.63, 3.8) is 0 Å². The second-order valence-electron chi connectivity index (χ2n) is 10.6. The highest BCUT2D eigenvalue weighted by atomic mass is 32.2. The third-order valence-corrected chi connectivity index (χ3v) is 7.74. The molecule has 2 atom stereocenters. The van der Waals surface area contributed by atoms with E-state index >= 15 is 0 Å². The largest absolute Gasteiger partial charge is 0.459 e. The normalized spacial score (nSPS) is 13.6. The van der Waals surface area contributed by atoms with Gasteiger partial charge in [0.1, 0.15) is 25.3 Å². The smallest absolute Gasteiger partial charge is 0.407 e. The highest BCUT2D eigenvalue weighted by Gasteiger charge is 2.31. The Bertz CT molecular complexity index is 1280. The number of rotatable bonds is 13. The van der Waals surface area contributed by atoms with E-state index < -0.39 is 30.1 Å². The van der Waals surface area contributed by atoms with Crippen molar-refractivity contribution < 1.29 is 23.9 Å². The van der Waals surface area contributed by atoms with Gasteiger partial charge in [-0.15, -0.1) is 0 Å². The van der Waals surface area contributed by atoms with Crippen LogP contribution in [0.4, 0.5) is 4.79 Å². The van der Waals surface area contributed by atoms with E-state index in [4.69, 9.17) is 9.47 Å². The van der Waals surface area contributed by atoms with E-state index in [1.165, 1.54) is 0 Å². The summed E-state index contributed by atoms with van der Waals surface area (Å²) in [6, 6.07) is 24.0. The Hall–Kier alpha value is -3.78. The first kappa shape index (κ1) is 30.2. The third kappa shape index (κ3) is 8.13. The molecule has 0 radical (unpaired) electrons. The maximum Gasteiger partial charge on any atom is 0.407 e. The van der Waals surface area contributed by atoms with Crippen LogP contribution in [0.3, 0.4) is 0 Å². The number of benzene rings is 3. The van der Waals surface area contributed by atoms with Gasteiger partial charge >= 0.3 is 12.1 Å². The molecule has 3 aromatic carbocycles. The van der Waals surface area contributed by atoms with Crippen molar-refractivity contribution >= 4 is 29.7 Å². The number of hydrogen-bond acceptors (Lipinski definition) is 6. The van der Waals surface area contributed by atoms with Gasteiger partial charge in [0.05, 0.1) is 0 Å². The zero-order valence-corrected chi connectivity index (χ0v) is 24.6. The summed E-state index contributed by atoms with van der Waals surface area (Å²) >= 11 is 1.58. The number of hydrogen-bond donors (Lipinski definition) is 2. The fraction of sp³-hybridized carbons (Fsp3) is 0.364. The number of alkyl carbamates (subject to hydrolysis) is 1. The quantitative estimate of drug-likeness (QED) is 0.246. The molecule has 3 aromatic rings. The highest BCUT2D eigenvalue weighted by molar-refractivity contribution is 7.98. The van der Waals surface area contributed by atoms with Gasteiger partial charge in [-0.05, 0) is 58.6 Å². The molecule has 0 unspecified atom stereocenters. The van der Waals surface area contributed by atoms with Crippen LogP contribution in [0.2, 0.25) is 0 Å². The van der Waals surface area contributed by atoms with Gasteiger partial charge in [0.25, 0.3) is 0 Å². The summed E-state index contributed by atoms with van der Waals surface area (Å²) in [7, 11) is 0. The molecule has 0 bridgehead atoms. The minimum Gasteiger partial charge on any atom is -0.459 e. The predicted molar refractivity (Wildman–Crippen MR) is 163 cm³/mol. The number of amides is 2. The molecule has 0 spiro atoms. The third-order valence-electron chi connectivity index (χ3n) is 7.09. The molecule has 0 fully saturated rings. The molecule has 0 aliphatic heterocycles. The van der Waals surface area contributed by atoms with Crippen molar-refractivity contribution in [1.29, 1.82) is 0 Å². The van der Waals surface area contributed by atoms with Gasteiger partial charge in [0.15, 0.2) is 0 Å². The van der Waals surface area contributed by atoms with Gasteiger partial charge in [0, 0.05) is 5.92 Å². The molecule has 41 heavy (non-hydrogen) atoms. The van der Waals surface area contributed by atoms with E-state index in [9.17, 15) is 14.4 Å². The van der Waals surface area contributed by atoms with Crippen molar-refractivity contribution in [3.8, 4) is 11.1 Å². The van der Waals surface area contributed by atoms with Crippen molar-refractivity contribution in [2.75, 3.05) is 18.6 Å². The minimum atomic E-state index is -0.857. The first-order valence-electron chi connectivity index (χ1n) is 14.0. The van der Waals surface area contributed by atoms with Gasteiger partial charge < -0.3 is 20.1 Å². The molecular formula is C33H38N2O5S. The average molecular weight is 575 g/mol. The second kappa shape index (κ2) is 14.7. The standard InChI is InChI=1S/C33H38N2O5S/c1-22(2)19-30(31(36)34-29(17-18-41-3)32(37)39-20-23-11-5-4-6-12-23)35-33(38)40-21-28-26-15-9-7-13-24(26)25-14-8-10-16-27(25)28/h4-16,22,28-30H,17-21H2,1-3H3,(H,34,36)(H,35,38)/t29-,30-/m0/s1. The molecule has 0 saturated heterocycles. The van der Waals surface area contributed by atoms with Crippen LogP contribution < -0.4 is 10.6 Å². The first-order valence-corrected chi connectivity index (χ1v) is 15.4. The molecule has 0 heterocycles. The Morgan fingerprint density at radius 2 is 1.41 bits per heavy atom. The summed E-state index contributed by atoms with van der Waals surface area (Å²) in [6.07, 6.45) is 2.08. The molecule has 1 aliphatic carbocycles. The van der Waals surface area contributed by atoms with Crippen LogP contribution in [0, 0.1) is 5.92 Å². The monoisotopic (exact) mass is 574 g/mol. The van der Waals surface area contributed by atoms with E-state index in [0.717, 1.165) is 27.8 Å². The van der Waals surface area contributed by atoms with E-state index in [0.29, 0.717) is 18.6 Å². The summed E-state index contributed by atoms with van der Waals surface area (Å²) in [5.41, 5.74) is 5.38. The SMILES string of the molecule is CSCC[C@H](NC(=O)[C@H](CC(C)C)NC(=O)OCC1c2ccccc2-c2ccccc21)C(=O)OCc1ccccc1. The fourth-order valence-corrected chi connectivity index (χ4v) is 5.54. The lowest BCUT2D eigenvalue weighted by atomic mass is 9.98. The van der Waals surface area contributed by atoms with Crippen molar-refractivity contribution in [3.05, 3.63) is 95.6 Å². The van der Waals surface area contributed by atoms with Crippen LogP contribution in [0.15, 0.2) is 78.9 Å². The van der Waals surface area contributed by atoms with Gasteiger partial charge in [-0.1, -0.05) is 92.7 Å². The van der Waals surface area contributed by atoms with Crippen LogP contribution in [-0.4, -0.2) is 48.7 Å². The topological polar surface area (TPSA) is 93.7 Å². The summed E-state index contributed by atoms with van der Waals surface area (Å²) in [4.78, 5) is 39.2. The molecular weight excluding hydrogens is 536 g/mol. The van der Waals surface area contributed by atoms with Crippen LogP contribution in [-0.2, 0) is 25.7 Å². The summed E-state index contributed by atoms with van der Waals surface area (Å²) in [5.74, 6) is -0.231. The molecule has 0 saturated carbocycles. The first-order chi connectivity index (χ1) is 19.9. The summed E-state index contributed by atoms with van der Waals surface area (Å²) in [5, 5.41) is 5.57. The molecule has 2 N–H and O–H groups in total. The van der Waals surface area contributed by atoms with Gasteiger partial charge in [-0.2, -0.15) is 11.8 Å². The number of nitrogens with one attached hydrogen (secondary N) is 2. The van der Waals surface area contributed by atoms with Crippen molar-refractivity contribution in [2.24, 2.45) is 5.92 Å². The second-order valence-corrected chi connectivity index (χ2v) is 11.6. The zero-order chi connectivity index (χ0) is 29.2. The number of carbonyl (C=O) groups excluding carboxylic acids is 3. The Balaban J connectivity index is 1.38. The molecule has 0 aromatic heterocycles. The lowest BCUT2D eigenvalue weighted by Gasteiger charge is -2.24. The van der Waals surface area contributed by atoms with E-state index in [-0.39, 0.29) is 25.0 Å². The number of esters is 1. The molecule has 216 valence electrons. The Morgan fingerprint density at radius 3 is 2.02 bits per heavy atom. The number of thioether (sulfide) groups is 1. The van der Waals surface area contributed by atoms with Crippen LogP contribution in [0.25, 0.3) is 11.1 Å². The van der Waals surface area contributed by atoms with E-state index in [1.54, 1.807) is 11.8 Å². The van der Waals surface area contributed by atoms with Gasteiger partial charge in [0.2, 0.25) is 5.91 Å². The lowest BCUT2D eigenvalue weighted by Crippen LogP contribution is -2.52. The van der Waals surface area contributed by atoms with E-state index in [1.807, 2.05) is 74.7 Å². The Morgan fingerprint density at radius 1 is 0.805 bits per heavy atom. The molecule has 4 rings (SSSR count). The fourth-order valence-electron chi connectivity index (χ4n) is 5.07. The maximum atomic E-state index is 13.4. The highest BCUT2D eigenvalue weighted by Crippen LogP contribution is 2.44. The minimum absolute atomic E-state index is 0.0826. The molecule has 7 nitrogen and oxygen atoms in total. The van der Waals surface area contributed by atoms with Crippen molar-refractivity contribution in [1.82, 2.24) is 10.6 Å². The number of fused-ring (bicyclic) bond motifs is 3. The lowest BCUT2D eigenvalue weighted by molar-refractivity contribution is -0.149. The van der Waals surface area contributed by atoms with Gasteiger partial charge in [-0.25, -0.2) is 9.59 Å². The Kier molecular flexibility index (Phi) is 10.8. The summed E-state index contributed by atoms with van der Waals surface area (Å²) < 4.78 is 11.2.